The molecule has 0 aliphatic carbocycles. The number of hydrogen-bond donors (Lipinski definition) is 0. The van der Waals surface area contributed by atoms with E-state index in [0.717, 1.165) is 0 Å². The molecule has 0 nitrogen and oxygen atoms in total. The standard InChI is InChI=1S/C3H5.2CH3.Er/c1-3-2;;;/h3H,1-2H2;2*1H3;. The molecule has 0 fully saturated rings. The molecule has 0 N–H and O–H groups in total. The van der Waals surface area contributed by atoms with Gasteiger partial charge in [-0.25, -0.2) is 0 Å². The molecular weight excluding hydrogens is 227 g/mol. The zero-order valence-electron chi connectivity index (χ0n) is 4.28. The van der Waals surface area contributed by atoms with E-state index in [4.69, 9.17) is 0 Å². The summed E-state index contributed by atoms with van der Waals surface area (Å²) in [5, 5.41) is 0. The first-order valence-corrected chi connectivity index (χ1v) is 6.61. The maximum atomic E-state index is 3.64. The molecule has 0 aromatic heterocycles. The van der Waals surface area contributed by atoms with Crippen molar-refractivity contribution in [2.24, 2.45) is 0 Å². The van der Waals surface area contributed by atoms with Gasteiger partial charge in [-0.2, -0.15) is 0 Å². The molecule has 0 bridgehead atoms. The van der Waals surface area contributed by atoms with E-state index < -0.39 is 0 Å². The SMILES string of the molecule is C=C[CH2][Er]([CH3])[CH3]. The van der Waals surface area contributed by atoms with Gasteiger partial charge in [0, 0.05) is 0 Å². The number of allylic oxidation sites excluding steroid dienone is 1. The van der Waals surface area contributed by atoms with Gasteiger partial charge in [-0.3, -0.25) is 0 Å². The van der Waals surface area contributed by atoms with Crippen LogP contribution in [0.2, 0.25) is 8.75 Å². The summed E-state index contributed by atoms with van der Waals surface area (Å²) in [4.78, 5) is 0. The van der Waals surface area contributed by atoms with Gasteiger partial charge >= 0.3 is 52.9 Å². The Hall–Kier alpha value is 0.987. The zero-order valence-corrected chi connectivity index (χ0v) is 6.13. The molecule has 0 saturated heterocycles. The first-order chi connectivity index (χ1) is 2.77. The van der Waals surface area contributed by atoms with Gasteiger partial charge in [0.1, 0.15) is 0 Å². The molecular formula is C5H11Er. The zero-order chi connectivity index (χ0) is 4.99. The van der Waals surface area contributed by atoms with Crippen molar-refractivity contribution >= 4 is 0 Å². The van der Waals surface area contributed by atoms with Gasteiger partial charge in [-0.1, -0.05) is 0 Å². The van der Waals surface area contributed by atoms with Crippen molar-refractivity contribution in [3.05, 3.63) is 12.7 Å². The predicted molar refractivity (Wildman–Crippen MR) is 26.7 cm³/mol. The van der Waals surface area contributed by atoms with E-state index in [2.05, 4.69) is 12.7 Å². The first kappa shape index (κ1) is 6.99. The van der Waals surface area contributed by atoms with Gasteiger partial charge in [-0.15, -0.1) is 0 Å². The van der Waals surface area contributed by atoms with Gasteiger partial charge in [0.05, 0.1) is 0 Å². The van der Waals surface area contributed by atoms with E-state index in [-0.39, 0.29) is 31.5 Å². The maximum absolute atomic E-state index is 3.64. The Balaban J connectivity index is 2.81. The van der Waals surface area contributed by atoms with Crippen LogP contribution in [0.3, 0.4) is 0 Å². The van der Waals surface area contributed by atoms with Crippen molar-refractivity contribution in [2.75, 3.05) is 0 Å². The topological polar surface area (TPSA) is 0 Å². The third-order valence-electron chi connectivity index (χ3n) is 0.319. The summed E-state index contributed by atoms with van der Waals surface area (Å²) in [7, 11) is 0. The monoisotopic (exact) mass is 237 g/mol. The summed E-state index contributed by atoms with van der Waals surface area (Å²) in [6.45, 7) is 3.64. The molecule has 0 aliphatic rings. The normalized spacial score (nSPS) is 10.7. The molecule has 0 atom stereocenters. The van der Waals surface area contributed by atoms with Crippen LogP contribution >= 0.6 is 0 Å². The van der Waals surface area contributed by atoms with E-state index in [0.29, 0.717) is 0 Å². The van der Waals surface area contributed by atoms with Gasteiger partial charge in [-0.05, 0) is 0 Å². The van der Waals surface area contributed by atoms with Crippen molar-refractivity contribution < 1.29 is 31.5 Å². The number of hydrogen-bond acceptors (Lipinski definition) is 0. The molecule has 43 valence electrons. The fourth-order valence-electron chi connectivity index (χ4n) is 0.167. The second-order valence-corrected chi connectivity index (χ2v) is 6.33. The van der Waals surface area contributed by atoms with Crippen LogP contribution in [-0.4, -0.2) is 0 Å². The van der Waals surface area contributed by atoms with Crippen LogP contribution in [0.25, 0.3) is 0 Å². The molecule has 6 heavy (non-hydrogen) atoms. The summed E-state index contributed by atoms with van der Waals surface area (Å²) in [5.41, 5.74) is 0. The van der Waals surface area contributed by atoms with Crippen LogP contribution in [-0.2, 0) is 0 Å². The molecule has 0 aromatic carbocycles. The van der Waals surface area contributed by atoms with Crippen LogP contribution in [0.5, 0.6) is 0 Å². The first-order valence-electron chi connectivity index (χ1n) is 1.60. The van der Waals surface area contributed by atoms with E-state index in [9.17, 15) is 0 Å². The predicted octanol–water partition coefficient (Wildman–Crippen LogP) is 2.31. The van der Waals surface area contributed by atoms with E-state index >= 15 is 0 Å². The summed E-state index contributed by atoms with van der Waals surface area (Å²) in [6.07, 6.45) is 2.01. The molecule has 0 rings (SSSR count). The molecule has 1 heteroatoms. The van der Waals surface area contributed by atoms with E-state index in [1.807, 2.05) is 6.08 Å². The molecule has 0 amide bonds. The Morgan fingerprint density at radius 2 is 2.17 bits per heavy atom. The van der Waals surface area contributed by atoms with E-state index in [1.54, 1.807) is 0 Å². The van der Waals surface area contributed by atoms with Crippen molar-refractivity contribution in [1.82, 2.24) is 0 Å². The third-order valence-corrected chi connectivity index (χ3v) is 2.37. The Morgan fingerprint density at radius 1 is 1.67 bits per heavy atom. The van der Waals surface area contributed by atoms with Crippen molar-refractivity contribution in [1.29, 1.82) is 0 Å². The fraction of sp³-hybridized carbons (Fsp3) is 0.600. The summed E-state index contributed by atoms with van der Waals surface area (Å²) >= 11 is -0.289. The van der Waals surface area contributed by atoms with E-state index in [1.165, 1.54) is 2.58 Å². The number of rotatable bonds is 2. The van der Waals surface area contributed by atoms with Crippen LogP contribution < -0.4 is 0 Å². The Morgan fingerprint density at radius 3 is 2.17 bits per heavy atom. The van der Waals surface area contributed by atoms with Crippen LogP contribution in [0.1, 0.15) is 0 Å². The second kappa shape index (κ2) is 4.15. The molecule has 0 radical (unpaired) electrons. The van der Waals surface area contributed by atoms with Gasteiger partial charge in [0.25, 0.3) is 0 Å². The minimum atomic E-state index is -0.289. The molecule has 0 heterocycles. The minimum absolute atomic E-state index is 0.289. The van der Waals surface area contributed by atoms with Crippen molar-refractivity contribution in [3.63, 3.8) is 0 Å². The average Bonchev–Trinajstić information content (AvgIpc) is 1.35. The van der Waals surface area contributed by atoms with Gasteiger partial charge in [0.15, 0.2) is 0 Å². The van der Waals surface area contributed by atoms with Gasteiger partial charge < -0.3 is 0 Å². The second-order valence-electron chi connectivity index (χ2n) is 1.10. The Labute approximate surface area is 52.4 Å². The Kier molecular flexibility index (Phi) is 4.84. The third kappa shape index (κ3) is 4.99. The molecule has 0 aliphatic heterocycles. The Bertz CT molecular complexity index is 39.2. The van der Waals surface area contributed by atoms with Crippen LogP contribution in [0.4, 0.5) is 0 Å². The molecule has 0 unspecified atom stereocenters. The van der Waals surface area contributed by atoms with Crippen LogP contribution in [0, 0.1) is 31.5 Å². The quantitative estimate of drug-likeness (QED) is 0.648. The molecule has 0 spiro atoms. The summed E-state index contributed by atoms with van der Waals surface area (Å²) in [6, 6.07) is 0. The summed E-state index contributed by atoms with van der Waals surface area (Å²) < 4.78 is 5.92. The fourth-order valence-corrected chi connectivity index (χ4v) is 1.24. The van der Waals surface area contributed by atoms with Crippen LogP contribution in [0.15, 0.2) is 12.7 Å². The summed E-state index contributed by atoms with van der Waals surface area (Å²) in [5.74, 6) is 0. The average molecular weight is 238 g/mol. The van der Waals surface area contributed by atoms with Crippen molar-refractivity contribution in [3.8, 4) is 0 Å². The molecule has 0 saturated carbocycles. The molecule has 0 aromatic rings. The van der Waals surface area contributed by atoms with Crippen molar-refractivity contribution in [2.45, 2.75) is 8.75 Å². The van der Waals surface area contributed by atoms with Gasteiger partial charge in [0.2, 0.25) is 0 Å².